The van der Waals surface area contributed by atoms with Gasteiger partial charge in [0.25, 0.3) is 0 Å². The van der Waals surface area contributed by atoms with Crippen LogP contribution in [0.1, 0.15) is 6.92 Å². The fourth-order valence-corrected chi connectivity index (χ4v) is 0.660. The van der Waals surface area contributed by atoms with Crippen LogP contribution in [-0.2, 0) is 0 Å². The van der Waals surface area contributed by atoms with E-state index in [1.807, 2.05) is 6.92 Å². The summed E-state index contributed by atoms with van der Waals surface area (Å²) in [4.78, 5) is 0. The summed E-state index contributed by atoms with van der Waals surface area (Å²) in [7, 11) is -0.498. The molecule has 0 aliphatic heterocycles. The van der Waals surface area contributed by atoms with Gasteiger partial charge < -0.3 is 0 Å². The van der Waals surface area contributed by atoms with Gasteiger partial charge in [0.05, 0.1) is 0 Å². The monoisotopic (exact) mass is 110 g/mol. The van der Waals surface area contributed by atoms with Crippen molar-refractivity contribution in [3.63, 3.8) is 0 Å². The van der Waals surface area contributed by atoms with E-state index < -0.39 is 7.92 Å². The van der Waals surface area contributed by atoms with E-state index in [0.29, 0.717) is 0 Å². The lowest BCUT2D eigenvalue weighted by atomic mass is 11.0. The van der Waals surface area contributed by atoms with Crippen LogP contribution in [0.25, 0.3) is 0 Å². The topological polar surface area (TPSA) is 0 Å². The highest BCUT2D eigenvalue weighted by Crippen LogP contribution is 2.29. The van der Waals surface area contributed by atoms with Gasteiger partial charge in [-0.15, -0.1) is 12.8 Å². The molecule has 0 rings (SSSR count). The van der Waals surface area contributed by atoms with E-state index in [0.717, 1.165) is 6.16 Å². The van der Waals surface area contributed by atoms with Crippen LogP contribution in [0, 0.1) is 24.2 Å². The smallest absolute Gasteiger partial charge is 0.0492 e. The zero-order chi connectivity index (χ0) is 5.70. The second-order valence-corrected chi connectivity index (χ2v) is 3.01. The standard InChI is InChI=1S/C6H7P/c1-4-7(5-2)6-3/h1-2H,6H2,3H3. The van der Waals surface area contributed by atoms with E-state index in [1.165, 1.54) is 0 Å². The Bertz CT molecular complexity index is 99.1. The van der Waals surface area contributed by atoms with Gasteiger partial charge in [-0.1, -0.05) is 18.2 Å². The summed E-state index contributed by atoms with van der Waals surface area (Å²) in [6.45, 7) is 2.01. The Morgan fingerprint density at radius 3 is 1.86 bits per heavy atom. The number of rotatable bonds is 1. The van der Waals surface area contributed by atoms with Gasteiger partial charge >= 0.3 is 0 Å². The molecule has 7 heavy (non-hydrogen) atoms. The molecule has 0 fully saturated rings. The van der Waals surface area contributed by atoms with Gasteiger partial charge in [0.15, 0.2) is 0 Å². The predicted octanol–water partition coefficient (Wildman–Crippen LogP) is 1.67. The number of terminal acetylenes is 2. The summed E-state index contributed by atoms with van der Waals surface area (Å²) in [5.74, 6) is 0. The van der Waals surface area contributed by atoms with Crippen LogP contribution >= 0.6 is 7.92 Å². The minimum Gasteiger partial charge on any atom is -0.114 e. The lowest BCUT2D eigenvalue weighted by molar-refractivity contribution is 1.52. The van der Waals surface area contributed by atoms with Crippen molar-refractivity contribution in [1.29, 1.82) is 0 Å². The van der Waals surface area contributed by atoms with Gasteiger partial charge in [0.1, 0.15) is 0 Å². The molecule has 0 nitrogen and oxygen atoms in total. The van der Waals surface area contributed by atoms with Crippen LogP contribution in [0.5, 0.6) is 0 Å². The van der Waals surface area contributed by atoms with Crippen LogP contribution in [0.15, 0.2) is 0 Å². The first-order valence-electron chi connectivity index (χ1n) is 2.05. The van der Waals surface area contributed by atoms with E-state index in [9.17, 15) is 0 Å². The van der Waals surface area contributed by atoms with Crippen molar-refractivity contribution in [3.8, 4) is 24.2 Å². The van der Waals surface area contributed by atoms with Crippen molar-refractivity contribution in [2.75, 3.05) is 6.16 Å². The summed E-state index contributed by atoms with van der Waals surface area (Å²) in [6.07, 6.45) is 11.0. The molecule has 0 aliphatic carbocycles. The summed E-state index contributed by atoms with van der Waals surface area (Å²) in [5.41, 5.74) is 5.06. The molecule has 0 aromatic heterocycles. The van der Waals surface area contributed by atoms with Crippen molar-refractivity contribution in [3.05, 3.63) is 0 Å². The van der Waals surface area contributed by atoms with Gasteiger partial charge in [0.2, 0.25) is 0 Å². The van der Waals surface area contributed by atoms with Crippen LogP contribution in [0.3, 0.4) is 0 Å². The Hall–Kier alpha value is -0.450. The summed E-state index contributed by atoms with van der Waals surface area (Å²) >= 11 is 0. The molecular formula is C6H7P. The van der Waals surface area contributed by atoms with Crippen LogP contribution < -0.4 is 0 Å². The van der Waals surface area contributed by atoms with Crippen molar-refractivity contribution >= 4 is 7.92 Å². The normalized spacial score (nSPS) is 7.43. The Morgan fingerprint density at radius 2 is 1.86 bits per heavy atom. The molecule has 0 N–H and O–H groups in total. The molecule has 0 spiro atoms. The average Bonchev–Trinajstić information content (AvgIpc) is 1.72. The Labute approximate surface area is 46.1 Å². The van der Waals surface area contributed by atoms with Gasteiger partial charge in [-0.3, -0.25) is 0 Å². The second kappa shape index (κ2) is 3.73. The Morgan fingerprint density at radius 1 is 1.43 bits per heavy atom. The highest BCUT2D eigenvalue weighted by atomic mass is 31.1. The molecule has 0 bridgehead atoms. The number of hydrogen-bond acceptors (Lipinski definition) is 0. The van der Waals surface area contributed by atoms with E-state index in [2.05, 4.69) is 11.3 Å². The highest BCUT2D eigenvalue weighted by molar-refractivity contribution is 7.67. The third-order valence-corrected chi connectivity index (χ3v) is 1.88. The molecule has 0 heterocycles. The van der Waals surface area contributed by atoms with E-state index >= 15 is 0 Å². The molecule has 0 saturated heterocycles. The molecule has 0 saturated carbocycles. The van der Waals surface area contributed by atoms with Gasteiger partial charge in [-0.2, -0.15) is 0 Å². The van der Waals surface area contributed by atoms with E-state index in [-0.39, 0.29) is 0 Å². The Balaban J connectivity index is 3.50. The van der Waals surface area contributed by atoms with Gasteiger partial charge in [-0.05, 0) is 6.16 Å². The van der Waals surface area contributed by atoms with Crippen LogP contribution in [-0.4, -0.2) is 6.16 Å². The van der Waals surface area contributed by atoms with Crippen molar-refractivity contribution in [1.82, 2.24) is 0 Å². The summed E-state index contributed by atoms with van der Waals surface area (Å²) in [5, 5.41) is 0. The van der Waals surface area contributed by atoms with E-state index in [4.69, 9.17) is 12.8 Å². The predicted molar refractivity (Wildman–Crippen MR) is 35.1 cm³/mol. The van der Waals surface area contributed by atoms with E-state index in [1.54, 1.807) is 0 Å². The quantitative estimate of drug-likeness (QED) is 0.356. The number of hydrogen-bond donors (Lipinski definition) is 0. The molecule has 0 atom stereocenters. The molecular weight excluding hydrogens is 103 g/mol. The summed E-state index contributed by atoms with van der Waals surface area (Å²) < 4.78 is 0. The largest absolute Gasteiger partial charge is 0.114 e. The minimum absolute atomic E-state index is 0.498. The first-order valence-corrected chi connectivity index (χ1v) is 3.57. The first-order chi connectivity index (χ1) is 3.35. The minimum atomic E-state index is -0.498. The van der Waals surface area contributed by atoms with Gasteiger partial charge in [0, 0.05) is 7.92 Å². The fourth-order valence-electron chi connectivity index (χ4n) is 0.220. The SMILES string of the molecule is C#CP(C#C)CC. The molecule has 0 unspecified atom stereocenters. The molecule has 1 heteroatoms. The third-order valence-electron chi connectivity index (χ3n) is 0.628. The molecule has 0 amide bonds. The average molecular weight is 110 g/mol. The molecule has 0 radical (unpaired) electrons. The zero-order valence-electron chi connectivity index (χ0n) is 4.31. The zero-order valence-corrected chi connectivity index (χ0v) is 5.20. The lowest BCUT2D eigenvalue weighted by Gasteiger charge is -1.90. The first kappa shape index (κ1) is 6.55. The fraction of sp³-hybridized carbons (Fsp3) is 0.333. The van der Waals surface area contributed by atoms with Gasteiger partial charge in [-0.25, -0.2) is 0 Å². The molecule has 0 aromatic carbocycles. The maximum absolute atomic E-state index is 5.03. The molecule has 0 aromatic rings. The maximum Gasteiger partial charge on any atom is 0.0492 e. The molecule has 36 valence electrons. The lowest BCUT2D eigenvalue weighted by Crippen LogP contribution is -1.65. The van der Waals surface area contributed by atoms with Crippen molar-refractivity contribution < 1.29 is 0 Å². The highest BCUT2D eigenvalue weighted by Gasteiger charge is 1.89. The van der Waals surface area contributed by atoms with Crippen LogP contribution in [0.4, 0.5) is 0 Å². The molecule has 0 aliphatic rings. The maximum atomic E-state index is 5.03. The third kappa shape index (κ3) is 2.27. The summed E-state index contributed by atoms with van der Waals surface area (Å²) in [6, 6.07) is 0. The Kier molecular flexibility index (Phi) is 3.49. The second-order valence-electron chi connectivity index (χ2n) is 1.00. The van der Waals surface area contributed by atoms with Crippen molar-refractivity contribution in [2.24, 2.45) is 0 Å². The van der Waals surface area contributed by atoms with Crippen LogP contribution in [0.2, 0.25) is 0 Å². The van der Waals surface area contributed by atoms with Crippen molar-refractivity contribution in [2.45, 2.75) is 6.92 Å².